The van der Waals surface area contributed by atoms with Crippen molar-refractivity contribution in [1.82, 2.24) is 4.90 Å². The minimum atomic E-state index is -0.265. The van der Waals surface area contributed by atoms with Gasteiger partial charge in [0.2, 0.25) is 0 Å². The Morgan fingerprint density at radius 3 is 2.47 bits per heavy atom. The Hall–Kier alpha value is -4.04. The second-order valence-electron chi connectivity index (χ2n) is 7.99. The second-order valence-corrected chi connectivity index (χ2v) is 9.00. The highest BCUT2D eigenvalue weighted by atomic mass is 32.2. The molecule has 1 saturated heterocycles. The number of nitrogens with one attached hydrogen (secondary N) is 1. The zero-order chi connectivity index (χ0) is 25.5. The highest BCUT2D eigenvalue weighted by Gasteiger charge is 2.32. The van der Waals surface area contributed by atoms with E-state index in [1.807, 2.05) is 80.6 Å². The molecule has 0 atom stereocenters. The molecule has 0 spiro atoms. The Balaban J connectivity index is 1.49. The van der Waals surface area contributed by atoms with Gasteiger partial charge in [-0.05, 0) is 74.1 Å². The van der Waals surface area contributed by atoms with Gasteiger partial charge >= 0.3 is 0 Å². The number of nitrogens with zero attached hydrogens (tertiary/aromatic N) is 2. The molecule has 1 fully saturated rings. The van der Waals surface area contributed by atoms with Crippen LogP contribution in [0.25, 0.3) is 6.08 Å². The molecule has 0 bridgehead atoms. The Labute approximate surface area is 214 Å². The number of hydrogen-bond acceptors (Lipinski definition) is 6. The molecule has 3 aromatic rings. The number of carbonyl (C=O) groups is 2. The third-order valence-electron chi connectivity index (χ3n) is 5.40. The van der Waals surface area contributed by atoms with E-state index in [0.29, 0.717) is 33.6 Å². The minimum absolute atomic E-state index is 0.123. The topological polar surface area (TPSA) is 80.2 Å². The third kappa shape index (κ3) is 6.14. The summed E-state index contributed by atoms with van der Waals surface area (Å²) >= 11 is 1.31. The van der Waals surface area contributed by atoms with Gasteiger partial charge in [0.1, 0.15) is 11.5 Å². The van der Waals surface area contributed by atoms with Crippen molar-refractivity contribution in [1.29, 1.82) is 0 Å². The summed E-state index contributed by atoms with van der Waals surface area (Å²) in [4.78, 5) is 32.3. The van der Waals surface area contributed by atoms with Crippen LogP contribution in [-0.2, 0) is 9.59 Å². The highest BCUT2D eigenvalue weighted by molar-refractivity contribution is 8.18. The molecule has 3 aromatic carbocycles. The zero-order valence-corrected chi connectivity index (χ0v) is 21.2. The van der Waals surface area contributed by atoms with E-state index < -0.39 is 0 Å². The van der Waals surface area contributed by atoms with Crippen LogP contribution in [0.3, 0.4) is 0 Å². The molecule has 1 N–H and O–H groups in total. The van der Waals surface area contributed by atoms with Crippen LogP contribution < -0.4 is 14.8 Å². The molecule has 184 valence electrons. The molecule has 0 radical (unpaired) electrons. The summed E-state index contributed by atoms with van der Waals surface area (Å²) in [6, 6.07) is 22.2. The first-order chi connectivity index (χ1) is 17.5. The van der Waals surface area contributed by atoms with Gasteiger partial charge in [0, 0.05) is 17.8 Å². The number of hydrogen-bond donors (Lipinski definition) is 1. The minimum Gasteiger partial charge on any atom is -0.497 e. The van der Waals surface area contributed by atoms with Crippen molar-refractivity contribution < 1.29 is 19.1 Å². The van der Waals surface area contributed by atoms with Crippen LogP contribution in [0.15, 0.2) is 82.7 Å². The summed E-state index contributed by atoms with van der Waals surface area (Å²) in [5.74, 6) is 0.868. The van der Waals surface area contributed by atoms with Crippen LogP contribution in [0.1, 0.15) is 18.1 Å². The average Bonchev–Trinajstić information content (AvgIpc) is 3.18. The third-order valence-corrected chi connectivity index (χ3v) is 6.41. The van der Waals surface area contributed by atoms with E-state index in [1.54, 1.807) is 24.2 Å². The van der Waals surface area contributed by atoms with Gasteiger partial charge in [0.05, 0.1) is 17.7 Å². The number of amides is 2. The number of likely N-dealkylation sites (N-methyl/N-ethyl adjacent to an activating group) is 1. The summed E-state index contributed by atoms with van der Waals surface area (Å²) in [5.41, 5.74) is 3.26. The van der Waals surface area contributed by atoms with E-state index in [1.165, 1.54) is 11.8 Å². The van der Waals surface area contributed by atoms with Gasteiger partial charge in [-0.25, -0.2) is 4.99 Å². The summed E-state index contributed by atoms with van der Waals surface area (Å²) < 4.78 is 11.0. The maximum Gasteiger partial charge on any atom is 0.266 e. The van der Waals surface area contributed by atoms with Gasteiger partial charge in [-0.15, -0.1) is 0 Å². The van der Waals surface area contributed by atoms with Crippen molar-refractivity contribution in [2.75, 3.05) is 25.6 Å². The Bertz CT molecular complexity index is 1300. The first-order valence-electron chi connectivity index (χ1n) is 11.5. The zero-order valence-electron chi connectivity index (χ0n) is 20.4. The van der Waals surface area contributed by atoms with Gasteiger partial charge in [-0.1, -0.05) is 35.9 Å². The molecule has 0 aromatic heterocycles. The number of thioether (sulfide) groups is 1. The molecule has 1 aliphatic heterocycles. The summed E-state index contributed by atoms with van der Waals surface area (Å²) in [6.07, 6.45) is 1.78. The molecule has 0 saturated carbocycles. The number of para-hydroxylation sites is 1. The number of anilines is 1. The monoisotopic (exact) mass is 501 g/mol. The van der Waals surface area contributed by atoms with E-state index in [-0.39, 0.29) is 18.4 Å². The van der Waals surface area contributed by atoms with Crippen LogP contribution in [0.4, 0.5) is 11.4 Å². The number of benzene rings is 3. The lowest BCUT2D eigenvalue weighted by Gasteiger charge is -2.12. The summed E-state index contributed by atoms with van der Waals surface area (Å²) in [5, 5.41) is 3.43. The van der Waals surface area contributed by atoms with Crippen LogP contribution in [0, 0.1) is 6.92 Å². The fourth-order valence-corrected chi connectivity index (χ4v) is 4.54. The average molecular weight is 502 g/mol. The Morgan fingerprint density at radius 1 is 1.06 bits per heavy atom. The van der Waals surface area contributed by atoms with Crippen LogP contribution in [0.5, 0.6) is 11.5 Å². The summed E-state index contributed by atoms with van der Waals surface area (Å²) in [7, 11) is 1.61. The molecule has 36 heavy (non-hydrogen) atoms. The van der Waals surface area contributed by atoms with E-state index >= 15 is 0 Å². The molecule has 7 nitrogen and oxygen atoms in total. The first-order valence-corrected chi connectivity index (χ1v) is 12.3. The lowest BCUT2D eigenvalue weighted by Crippen LogP contribution is -2.28. The number of aryl methyl sites for hydroxylation is 1. The number of carbonyl (C=O) groups excluding carboxylic acids is 2. The molecule has 0 unspecified atom stereocenters. The number of methoxy groups -OCH3 is 1. The smallest absolute Gasteiger partial charge is 0.266 e. The van der Waals surface area contributed by atoms with Crippen LogP contribution in [0.2, 0.25) is 0 Å². The molecule has 8 heteroatoms. The fraction of sp³-hybridized carbons (Fsp3) is 0.179. The van der Waals surface area contributed by atoms with Crippen molar-refractivity contribution in [3.8, 4) is 11.5 Å². The quantitative estimate of drug-likeness (QED) is 0.404. The molecule has 2 amide bonds. The lowest BCUT2D eigenvalue weighted by atomic mass is 10.2. The summed E-state index contributed by atoms with van der Waals surface area (Å²) in [6.45, 7) is 4.24. The number of rotatable bonds is 8. The van der Waals surface area contributed by atoms with Gasteiger partial charge in [-0.3, -0.25) is 14.5 Å². The maximum absolute atomic E-state index is 13.1. The molecular weight excluding hydrogens is 474 g/mol. The first kappa shape index (κ1) is 25.1. The van der Waals surface area contributed by atoms with Gasteiger partial charge in [0.25, 0.3) is 11.8 Å². The van der Waals surface area contributed by atoms with Crippen molar-refractivity contribution in [3.63, 3.8) is 0 Å². The molecule has 0 aliphatic carbocycles. The Kier molecular flexibility index (Phi) is 8.07. The molecule has 1 heterocycles. The van der Waals surface area contributed by atoms with Gasteiger partial charge in [-0.2, -0.15) is 0 Å². The largest absolute Gasteiger partial charge is 0.497 e. The second kappa shape index (κ2) is 11.6. The SMILES string of the molecule is CCN1C(=O)/C(=C\c2ccccc2OCC(=O)Nc2ccc(C)cc2)SC1=Nc1ccc(OC)cc1. The molecule has 1 aliphatic rings. The predicted molar refractivity (Wildman–Crippen MR) is 145 cm³/mol. The van der Waals surface area contributed by atoms with E-state index in [4.69, 9.17) is 9.47 Å². The van der Waals surface area contributed by atoms with E-state index in [0.717, 1.165) is 17.0 Å². The van der Waals surface area contributed by atoms with Crippen molar-refractivity contribution >= 4 is 46.2 Å². The fourth-order valence-electron chi connectivity index (χ4n) is 3.49. The standard InChI is InChI=1S/C28H27N3O4S/c1-4-31-27(33)25(36-28(31)30-22-13-15-23(34-3)16-14-22)17-20-7-5-6-8-24(20)35-18-26(32)29-21-11-9-19(2)10-12-21/h5-17H,4,18H2,1-3H3,(H,29,32)/b25-17+,30-28?. The predicted octanol–water partition coefficient (Wildman–Crippen LogP) is 5.65. The van der Waals surface area contributed by atoms with Crippen molar-refractivity contribution in [2.45, 2.75) is 13.8 Å². The number of amidine groups is 1. The van der Waals surface area contributed by atoms with Crippen molar-refractivity contribution in [2.24, 2.45) is 4.99 Å². The van der Waals surface area contributed by atoms with Crippen molar-refractivity contribution in [3.05, 3.63) is 88.8 Å². The van der Waals surface area contributed by atoms with E-state index in [2.05, 4.69) is 10.3 Å². The van der Waals surface area contributed by atoms with Gasteiger partial charge in [0.15, 0.2) is 11.8 Å². The number of aliphatic imine (C=N–C) groups is 1. The highest BCUT2D eigenvalue weighted by Crippen LogP contribution is 2.35. The van der Waals surface area contributed by atoms with E-state index in [9.17, 15) is 9.59 Å². The molecule has 4 rings (SSSR count). The van der Waals surface area contributed by atoms with Crippen LogP contribution >= 0.6 is 11.8 Å². The van der Waals surface area contributed by atoms with Crippen LogP contribution in [-0.4, -0.2) is 42.1 Å². The maximum atomic E-state index is 13.1. The number of ether oxygens (including phenoxy) is 2. The lowest BCUT2D eigenvalue weighted by molar-refractivity contribution is -0.122. The molecular formula is C28H27N3O4S. The van der Waals surface area contributed by atoms with Gasteiger partial charge < -0.3 is 14.8 Å². The Morgan fingerprint density at radius 2 is 1.78 bits per heavy atom. The normalized spacial score (nSPS) is 15.4.